The molecular weight excluding hydrogens is 332 g/mol. The molecule has 0 bridgehead atoms. The molecule has 6 nitrogen and oxygen atoms in total. The van der Waals surface area contributed by atoms with Gasteiger partial charge in [-0.2, -0.15) is 0 Å². The van der Waals surface area contributed by atoms with E-state index in [1.807, 2.05) is 0 Å². The number of rotatable bonds is 7. The Balaban J connectivity index is 2.46. The van der Waals surface area contributed by atoms with Crippen LogP contribution in [0.5, 0.6) is 0 Å². The largest absolute Gasteiger partial charge is 0.478 e. The van der Waals surface area contributed by atoms with Crippen LogP contribution in [-0.2, 0) is 4.79 Å². The number of hydrogen-bond donors (Lipinski definition) is 1. The average molecular weight is 360 g/mol. The van der Waals surface area contributed by atoms with Gasteiger partial charge in [-0.15, -0.1) is 0 Å². The fourth-order valence-corrected chi connectivity index (χ4v) is 3.66. The Hall–Kier alpha value is -2.37. The molecule has 1 aliphatic rings. The van der Waals surface area contributed by atoms with E-state index in [0.29, 0.717) is 28.8 Å². The minimum Gasteiger partial charge on any atom is -0.478 e. The van der Waals surface area contributed by atoms with E-state index in [1.54, 1.807) is 19.1 Å². The molecule has 1 fully saturated rings. The fourth-order valence-electron chi connectivity index (χ4n) is 3.66. The Morgan fingerprint density at radius 3 is 2.54 bits per heavy atom. The summed E-state index contributed by atoms with van der Waals surface area (Å²) in [5.41, 5.74) is 1.76. The summed E-state index contributed by atoms with van der Waals surface area (Å²) < 4.78 is 0. The summed E-state index contributed by atoms with van der Waals surface area (Å²) in [5.74, 6) is -0.664. The maximum Gasteiger partial charge on any atom is 0.328 e. The summed E-state index contributed by atoms with van der Waals surface area (Å²) in [6.07, 6.45) is 6.74. The van der Waals surface area contributed by atoms with Gasteiger partial charge in [-0.1, -0.05) is 39.2 Å². The van der Waals surface area contributed by atoms with Crippen molar-refractivity contribution in [1.82, 2.24) is 0 Å². The summed E-state index contributed by atoms with van der Waals surface area (Å²) in [5, 5.41) is 20.7. The minimum atomic E-state index is -1.06. The topological polar surface area (TPSA) is 83.7 Å². The van der Waals surface area contributed by atoms with Crippen LogP contribution in [0.3, 0.4) is 0 Å². The number of carbonyl (C=O) groups is 1. The molecule has 26 heavy (non-hydrogen) atoms. The number of aliphatic carboxylic acids is 1. The molecule has 142 valence electrons. The lowest BCUT2D eigenvalue weighted by molar-refractivity contribution is -0.384. The predicted octanol–water partition coefficient (Wildman–Crippen LogP) is 4.88. The second kappa shape index (κ2) is 8.83. The standard InChI is InChI=1S/C20H28N2O4/c1-14(2)13-21(17-7-5-4-6-8-17)18-10-9-16(12-19(18)22(25)26)15(3)11-20(23)24/h9-12,14,17H,4-8,13H2,1-3H3,(H,23,24). The quantitative estimate of drug-likeness (QED) is 0.426. The first-order valence-corrected chi connectivity index (χ1v) is 9.26. The van der Waals surface area contributed by atoms with Gasteiger partial charge in [0.1, 0.15) is 5.69 Å². The highest BCUT2D eigenvalue weighted by Crippen LogP contribution is 2.36. The van der Waals surface area contributed by atoms with Gasteiger partial charge in [-0.3, -0.25) is 10.1 Å². The molecule has 0 heterocycles. The first-order valence-electron chi connectivity index (χ1n) is 9.26. The van der Waals surface area contributed by atoms with Crippen LogP contribution in [0.15, 0.2) is 24.3 Å². The Morgan fingerprint density at radius 2 is 2.00 bits per heavy atom. The number of nitro groups is 1. The number of allylic oxidation sites excluding steroid dienone is 1. The van der Waals surface area contributed by atoms with Crippen molar-refractivity contribution in [2.75, 3.05) is 11.4 Å². The molecule has 1 aromatic carbocycles. The van der Waals surface area contributed by atoms with E-state index in [2.05, 4.69) is 18.7 Å². The number of carboxylic acids is 1. The highest BCUT2D eigenvalue weighted by atomic mass is 16.6. The van der Waals surface area contributed by atoms with Crippen molar-refractivity contribution in [3.63, 3.8) is 0 Å². The molecule has 1 aliphatic carbocycles. The molecule has 1 aromatic rings. The van der Waals surface area contributed by atoms with Crippen LogP contribution < -0.4 is 4.90 Å². The van der Waals surface area contributed by atoms with Crippen molar-refractivity contribution in [3.05, 3.63) is 40.0 Å². The number of anilines is 1. The lowest BCUT2D eigenvalue weighted by Crippen LogP contribution is -2.39. The molecule has 1 saturated carbocycles. The molecule has 0 radical (unpaired) electrons. The van der Waals surface area contributed by atoms with Crippen LogP contribution in [0.4, 0.5) is 11.4 Å². The zero-order valence-corrected chi connectivity index (χ0v) is 15.8. The van der Waals surface area contributed by atoms with Crippen molar-refractivity contribution in [2.45, 2.75) is 58.9 Å². The van der Waals surface area contributed by atoms with Gasteiger partial charge in [-0.25, -0.2) is 4.79 Å². The van der Waals surface area contributed by atoms with E-state index < -0.39 is 5.97 Å². The molecule has 0 saturated heterocycles. The molecule has 0 amide bonds. The first kappa shape index (κ1) is 19.9. The van der Waals surface area contributed by atoms with Crippen molar-refractivity contribution in [2.24, 2.45) is 5.92 Å². The first-order chi connectivity index (χ1) is 12.3. The number of nitrogens with zero attached hydrogens (tertiary/aromatic N) is 2. The van der Waals surface area contributed by atoms with Crippen LogP contribution in [0.2, 0.25) is 0 Å². The summed E-state index contributed by atoms with van der Waals surface area (Å²) in [7, 11) is 0. The van der Waals surface area contributed by atoms with E-state index in [4.69, 9.17) is 5.11 Å². The number of nitro benzene ring substituents is 1. The lowest BCUT2D eigenvalue weighted by atomic mass is 9.92. The van der Waals surface area contributed by atoms with E-state index >= 15 is 0 Å². The van der Waals surface area contributed by atoms with Gasteiger partial charge >= 0.3 is 5.97 Å². The summed E-state index contributed by atoms with van der Waals surface area (Å²) in [6, 6.07) is 5.39. The molecule has 0 aliphatic heterocycles. The van der Waals surface area contributed by atoms with Gasteiger partial charge in [0.25, 0.3) is 5.69 Å². The summed E-state index contributed by atoms with van der Waals surface area (Å²) >= 11 is 0. The lowest BCUT2D eigenvalue weighted by Gasteiger charge is -2.37. The predicted molar refractivity (Wildman–Crippen MR) is 103 cm³/mol. The van der Waals surface area contributed by atoms with Gasteiger partial charge < -0.3 is 10.0 Å². The Kier molecular flexibility index (Phi) is 6.77. The monoisotopic (exact) mass is 360 g/mol. The smallest absolute Gasteiger partial charge is 0.328 e. The highest BCUT2D eigenvalue weighted by molar-refractivity contribution is 5.90. The van der Waals surface area contributed by atoms with Crippen molar-refractivity contribution in [1.29, 1.82) is 0 Å². The number of hydrogen-bond acceptors (Lipinski definition) is 4. The van der Waals surface area contributed by atoms with E-state index in [9.17, 15) is 14.9 Å². The molecule has 0 unspecified atom stereocenters. The SMILES string of the molecule is CC(=CC(=O)O)c1ccc(N(CC(C)C)C2CCCCC2)c([N+](=O)[O-])c1. The van der Waals surface area contributed by atoms with E-state index in [0.717, 1.165) is 38.3 Å². The fraction of sp³-hybridized carbons (Fsp3) is 0.550. The molecule has 6 heteroatoms. The highest BCUT2D eigenvalue weighted by Gasteiger charge is 2.28. The van der Waals surface area contributed by atoms with E-state index in [1.165, 1.54) is 12.5 Å². The van der Waals surface area contributed by atoms with Gasteiger partial charge in [0.05, 0.1) is 4.92 Å². The second-order valence-corrected chi connectivity index (χ2v) is 7.46. The van der Waals surface area contributed by atoms with Gasteiger partial charge in [0.15, 0.2) is 0 Å². The van der Waals surface area contributed by atoms with E-state index in [-0.39, 0.29) is 10.6 Å². The normalized spacial score (nSPS) is 15.9. The zero-order chi connectivity index (χ0) is 19.3. The zero-order valence-electron chi connectivity index (χ0n) is 15.8. The minimum absolute atomic E-state index is 0.0480. The van der Waals surface area contributed by atoms with Crippen LogP contribution in [0.1, 0.15) is 58.4 Å². The molecular formula is C20H28N2O4. The third-order valence-electron chi connectivity index (χ3n) is 4.85. The average Bonchev–Trinajstić information content (AvgIpc) is 2.59. The third kappa shape index (κ3) is 5.07. The second-order valence-electron chi connectivity index (χ2n) is 7.46. The molecule has 1 N–H and O–H groups in total. The molecule has 2 rings (SSSR count). The van der Waals surface area contributed by atoms with Crippen LogP contribution >= 0.6 is 0 Å². The molecule has 0 spiro atoms. The Bertz CT molecular complexity index is 691. The third-order valence-corrected chi connectivity index (χ3v) is 4.85. The van der Waals surface area contributed by atoms with Crippen molar-refractivity contribution in [3.8, 4) is 0 Å². The van der Waals surface area contributed by atoms with Crippen molar-refractivity contribution < 1.29 is 14.8 Å². The van der Waals surface area contributed by atoms with Crippen molar-refractivity contribution >= 4 is 22.9 Å². The van der Waals surface area contributed by atoms with Gasteiger partial charge in [0.2, 0.25) is 0 Å². The maximum atomic E-state index is 11.7. The van der Waals surface area contributed by atoms with Crippen LogP contribution in [-0.4, -0.2) is 28.6 Å². The summed E-state index contributed by atoms with van der Waals surface area (Å²) in [4.78, 5) is 24.5. The van der Waals surface area contributed by atoms with Gasteiger partial charge in [0, 0.05) is 24.7 Å². The molecule has 0 aromatic heterocycles. The Morgan fingerprint density at radius 1 is 1.35 bits per heavy atom. The van der Waals surface area contributed by atoms with Crippen LogP contribution in [0, 0.1) is 16.0 Å². The van der Waals surface area contributed by atoms with Gasteiger partial charge in [-0.05, 0) is 42.9 Å². The number of benzene rings is 1. The Labute approximate surface area is 154 Å². The molecule has 0 atom stereocenters. The van der Waals surface area contributed by atoms with Crippen LogP contribution in [0.25, 0.3) is 5.57 Å². The summed E-state index contributed by atoms with van der Waals surface area (Å²) in [6.45, 7) is 6.67. The maximum absolute atomic E-state index is 11.7. The number of carboxylic acid groups (broad SMARTS) is 1.